The summed E-state index contributed by atoms with van der Waals surface area (Å²) in [7, 11) is 1.50. The molecule has 3 aliphatic carbocycles. The molecule has 1 unspecified atom stereocenters. The van der Waals surface area contributed by atoms with Crippen LogP contribution in [0.5, 0.6) is 5.75 Å². The third kappa shape index (κ3) is 7.27. The maximum Gasteiger partial charge on any atom is 0.338 e. The van der Waals surface area contributed by atoms with Gasteiger partial charge in [-0.25, -0.2) is 9.59 Å². The normalized spacial score (nSPS) is 32.6. The van der Waals surface area contributed by atoms with Gasteiger partial charge in [-0.15, -0.1) is 0 Å². The van der Waals surface area contributed by atoms with Crippen LogP contribution in [-0.4, -0.2) is 106 Å². The number of amides is 1. The molecule has 2 bridgehead atoms. The van der Waals surface area contributed by atoms with Gasteiger partial charge < -0.3 is 49.4 Å². The van der Waals surface area contributed by atoms with Crippen LogP contribution in [0.2, 0.25) is 0 Å². The Hall–Kier alpha value is -5.12. The van der Waals surface area contributed by atoms with Crippen LogP contribution in [0, 0.1) is 22.7 Å². The lowest BCUT2D eigenvalue weighted by molar-refractivity contribution is -0.354. The average molecular weight is 828 g/mol. The maximum atomic E-state index is 14.2. The van der Waals surface area contributed by atoms with Crippen LogP contribution in [0.25, 0.3) is 0 Å². The van der Waals surface area contributed by atoms with E-state index in [4.69, 9.17) is 23.7 Å². The Bertz CT molecular complexity index is 2120. The molecule has 3 fully saturated rings. The lowest BCUT2D eigenvalue weighted by atomic mass is 9.45. The number of fused-ring (bicyclic) bond motifs is 5. The second-order valence-corrected chi connectivity index (χ2v) is 17.2. The highest BCUT2D eigenvalue weighted by molar-refractivity contribution is 5.95. The topological polar surface area (TPSA) is 207 Å². The van der Waals surface area contributed by atoms with E-state index in [-0.39, 0.29) is 30.6 Å². The SMILES string of the molecule is COc1ccc(C(=O)N[C@@H](c2ccccc2)[C@@H](O)C(=O)O[C@H]2CC3[C@@H](OC(=O)c4ccccc4)[C@@H]4[C@]5(OC(C)=O)CO[C@@H]5C[C@H](O)[C@@]4(C)[C@@H](O)[C@H](O)C(=C2C)C3(C)C)cc1. The summed E-state index contributed by atoms with van der Waals surface area (Å²) in [5, 5.41) is 51.2. The zero-order valence-corrected chi connectivity index (χ0v) is 34.4. The first kappa shape index (κ1) is 43.0. The zero-order chi connectivity index (χ0) is 43.3. The molecule has 0 aromatic heterocycles. The van der Waals surface area contributed by atoms with Gasteiger partial charge in [0.1, 0.15) is 30.2 Å². The number of rotatable bonds is 10. The predicted molar refractivity (Wildman–Crippen MR) is 214 cm³/mol. The van der Waals surface area contributed by atoms with Gasteiger partial charge in [0.2, 0.25) is 0 Å². The lowest BCUT2D eigenvalue weighted by Crippen LogP contribution is -2.80. The Morgan fingerprint density at radius 3 is 2.07 bits per heavy atom. The Morgan fingerprint density at radius 2 is 1.48 bits per heavy atom. The number of hydrogen-bond donors (Lipinski definition) is 5. The van der Waals surface area contributed by atoms with Crippen LogP contribution in [0.4, 0.5) is 0 Å². The van der Waals surface area contributed by atoms with E-state index in [9.17, 15) is 39.6 Å². The van der Waals surface area contributed by atoms with Crippen LogP contribution < -0.4 is 10.1 Å². The Balaban J connectivity index is 1.30. The van der Waals surface area contributed by atoms with Crippen LogP contribution in [0.1, 0.15) is 79.8 Å². The second-order valence-electron chi connectivity index (χ2n) is 17.2. The molecule has 1 saturated heterocycles. The molecule has 7 rings (SSSR count). The summed E-state index contributed by atoms with van der Waals surface area (Å²) in [5.41, 5.74) is -2.62. The number of hydrogen-bond acceptors (Lipinski definition) is 13. The average Bonchev–Trinajstić information content (AvgIpc) is 3.23. The summed E-state index contributed by atoms with van der Waals surface area (Å²) < 4.78 is 29.9. The fraction of sp³-hybridized carbons (Fsp3) is 0.478. The standard InChI is InChI=1S/C46H53NO13/c1-24-31(58-43(55)37(51)35(26-13-9-7-10-14-26)47-41(53)27-17-19-29(56-6)20-18-27)21-30-38(59-42(54)28-15-11-8-12-16-28)39-45(5,40(52)36(50)34(24)44(30,3)4)32(49)22-33-46(39,23-57-33)60-25(2)48/h7-20,30-33,35-40,49-52H,21-23H2,1-6H3,(H,47,53)/t30?,31-,32-,33+,35-,36+,37+,38+,39-,40-,45+,46-/m0/s1. The lowest BCUT2D eigenvalue weighted by Gasteiger charge is -2.67. The highest BCUT2D eigenvalue weighted by Gasteiger charge is 2.75. The van der Waals surface area contributed by atoms with Crippen LogP contribution in [-0.2, 0) is 28.5 Å². The first-order chi connectivity index (χ1) is 28.4. The summed E-state index contributed by atoms with van der Waals surface area (Å²) in [5.74, 6) is -4.46. The summed E-state index contributed by atoms with van der Waals surface area (Å²) in [4.78, 5) is 54.8. The first-order valence-corrected chi connectivity index (χ1v) is 20.2. The van der Waals surface area contributed by atoms with Gasteiger partial charge in [-0.3, -0.25) is 9.59 Å². The quantitative estimate of drug-likeness (QED) is 0.112. The van der Waals surface area contributed by atoms with Gasteiger partial charge in [-0.2, -0.15) is 0 Å². The molecule has 320 valence electrons. The number of carbonyl (C=O) groups is 4. The number of carbonyl (C=O) groups excluding carboxylic acids is 4. The van der Waals surface area contributed by atoms with Crippen molar-refractivity contribution in [2.45, 2.75) is 102 Å². The fourth-order valence-electron chi connectivity index (χ4n) is 10.4. The summed E-state index contributed by atoms with van der Waals surface area (Å²) in [6.07, 6.45) is -9.87. The van der Waals surface area contributed by atoms with Crippen LogP contribution in [0.15, 0.2) is 96.1 Å². The number of methoxy groups -OCH3 is 1. The van der Waals surface area contributed by atoms with Crippen molar-refractivity contribution in [1.29, 1.82) is 0 Å². The smallest absolute Gasteiger partial charge is 0.338 e. The molecule has 0 radical (unpaired) electrons. The predicted octanol–water partition coefficient (Wildman–Crippen LogP) is 3.85. The first-order valence-electron chi connectivity index (χ1n) is 20.2. The molecule has 3 aromatic carbocycles. The Kier molecular flexibility index (Phi) is 11.7. The number of esters is 3. The fourth-order valence-corrected chi connectivity index (χ4v) is 10.4. The highest BCUT2D eigenvalue weighted by atomic mass is 16.6. The van der Waals surface area contributed by atoms with E-state index in [2.05, 4.69) is 5.32 Å². The molecule has 1 heterocycles. The molecule has 3 aromatic rings. The molecule has 2 saturated carbocycles. The van der Waals surface area contributed by atoms with Gasteiger partial charge in [0.25, 0.3) is 5.91 Å². The van der Waals surface area contributed by atoms with E-state index in [0.29, 0.717) is 22.5 Å². The monoisotopic (exact) mass is 827 g/mol. The number of benzene rings is 3. The van der Waals surface area contributed by atoms with Gasteiger partial charge in [-0.1, -0.05) is 69.3 Å². The van der Waals surface area contributed by atoms with Gasteiger partial charge >= 0.3 is 17.9 Å². The molecule has 4 aliphatic rings. The molecule has 12 atom stereocenters. The molecule has 14 heteroatoms. The maximum absolute atomic E-state index is 14.2. The number of ether oxygens (including phenoxy) is 5. The minimum absolute atomic E-state index is 0.0189. The van der Waals surface area contributed by atoms with Gasteiger partial charge in [-0.05, 0) is 71.9 Å². The highest BCUT2D eigenvalue weighted by Crippen LogP contribution is 2.64. The van der Waals surface area contributed by atoms with Crippen molar-refractivity contribution in [3.63, 3.8) is 0 Å². The molecule has 60 heavy (non-hydrogen) atoms. The van der Waals surface area contributed by atoms with E-state index in [1.807, 2.05) is 13.8 Å². The molecule has 14 nitrogen and oxygen atoms in total. The van der Waals surface area contributed by atoms with Crippen LogP contribution in [0.3, 0.4) is 0 Å². The van der Waals surface area contributed by atoms with E-state index < -0.39 is 101 Å². The summed E-state index contributed by atoms with van der Waals surface area (Å²) in [6, 6.07) is 21.8. The van der Waals surface area contributed by atoms with E-state index >= 15 is 0 Å². The molecular weight excluding hydrogens is 774 g/mol. The van der Waals surface area contributed by atoms with Gasteiger partial charge in [0.05, 0.1) is 43.4 Å². The van der Waals surface area contributed by atoms with E-state index in [0.717, 1.165) is 0 Å². The van der Waals surface area contributed by atoms with E-state index in [1.54, 1.807) is 98.8 Å². The van der Waals surface area contributed by atoms with Gasteiger partial charge in [0.15, 0.2) is 11.7 Å². The Labute approximate surface area is 348 Å². The van der Waals surface area contributed by atoms with Crippen molar-refractivity contribution < 1.29 is 63.3 Å². The van der Waals surface area contributed by atoms with Crippen LogP contribution >= 0.6 is 0 Å². The minimum Gasteiger partial charge on any atom is -0.497 e. The van der Waals surface area contributed by atoms with Crippen molar-refractivity contribution in [2.24, 2.45) is 22.7 Å². The molecule has 0 spiro atoms. The van der Waals surface area contributed by atoms with Crippen molar-refractivity contribution in [2.75, 3.05) is 13.7 Å². The number of aliphatic hydroxyl groups excluding tert-OH is 4. The Morgan fingerprint density at radius 1 is 0.850 bits per heavy atom. The third-order valence-electron chi connectivity index (χ3n) is 13.6. The van der Waals surface area contributed by atoms with Crippen molar-refractivity contribution in [1.82, 2.24) is 5.32 Å². The summed E-state index contributed by atoms with van der Waals surface area (Å²) >= 11 is 0. The minimum atomic E-state index is -1.92. The summed E-state index contributed by atoms with van der Waals surface area (Å²) in [6.45, 7) is 8.03. The zero-order valence-electron chi connectivity index (χ0n) is 34.4. The van der Waals surface area contributed by atoms with E-state index in [1.165, 1.54) is 14.0 Å². The molecular formula is C46H53NO13. The number of aliphatic hydroxyl groups is 4. The molecule has 1 aliphatic heterocycles. The van der Waals surface area contributed by atoms with Crippen molar-refractivity contribution in [3.05, 3.63) is 113 Å². The molecule has 5 N–H and O–H groups in total. The van der Waals surface area contributed by atoms with Gasteiger partial charge in [0, 0.05) is 30.2 Å². The number of nitrogens with one attached hydrogen (secondary N) is 1. The third-order valence-corrected chi connectivity index (χ3v) is 13.6. The molecule has 1 amide bonds. The van der Waals surface area contributed by atoms with Crippen molar-refractivity contribution in [3.8, 4) is 5.75 Å². The second kappa shape index (κ2) is 16.4. The van der Waals surface area contributed by atoms with Crippen molar-refractivity contribution >= 4 is 23.8 Å². The largest absolute Gasteiger partial charge is 0.497 e.